The van der Waals surface area contributed by atoms with Crippen LogP contribution in [0.25, 0.3) is 0 Å². The zero-order valence-electron chi connectivity index (χ0n) is 5.37. The molecule has 46 valence electrons. The molecular formula is C6H14I-. The molecule has 0 aromatic heterocycles. The van der Waals surface area contributed by atoms with Gasteiger partial charge < -0.3 is 0 Å². The molecule has 1 unspecified atom stereocenters. The molecule has 0 spiro atoms. The van der Waals surface area contributed by atoms with Gasteiger partial charge in [-0.25, -0.2) is 0 Å². The van der Waals surface area contributed by atoms with E-state index in [9.17, 15) is 0 Å². The molecule has 7 heavy (non-hydrogen) atoms. The second kappa shape index (κ2) is 4.88. The van der Waals surface area contributed by atoms with Crippen LogP contribution in [0.4, 0.5) is 0 Å². The standard InChI is InChI=1S/C6H14I/c1-4-6(3)7-5-2/h6H,4-5H2,1-3H3/q-1. The van der Waals surface area contributed by atoms with Crippen molar-refractivity contribution in [3.8, 4) is 0 Å². The average Bonchev–Trinajstić information content (AvgIpc) is 1.68. The van der Waals surface area contributed by atoms with E-state index in [1.54, 1.807) is 0 Å². The fourth-order valence-electron chi connectivity index (χ4n) is 0.373. The molecule has 0 aliphatic rings. The van der Waals surface area contributed by atoms with Crippen molar-refractivity contribution in [1.29, 1.82) is 0 Å². The molecule has 0 saturated carbocycles. The summed E-state index contributed by atoms with van der Waals surface area (Å²) >= 11 is 0.565. The Morgan fingerprint density at radius 1 is 1.43 bits per heavy atom. The Labute approximate surface area is 56.9 Å². The first-order valence-electron chi connectivity index (χ1n) is 2.89. The van der Waals surface area contributed by atoms with E-state index in [4.69, 9.17) is 0 Å². The van der Waals surface area contributed by atoms with E-state index in [0.717, 1.165) is 3.92 Å². The molecular weight excluding hydrogens is 199 g/mol. The Morgan fingerprint density at radius 2 is 2.00 bits per heavy atom. The van der Waals surface area contributed by atoms with Crippen LogP contribution in [-0.2, 0) is 0 Å². The summed E-state index contributed by atoms with van der Waals surface area (Å²) < 4.78 is 2.51. The summed E-state index contributed by atoms with van der Waals surface area (Å²) in [6.45, 7) is 6.93. The second-order valence-electron chi connectivity index (χ2n) is 1.61. The number of halogens is 1. The van der Waals surface area contributed by atoms with Crippen molar-refractivity contribution in [2.24, 2.45) is 0 Å². The molecule has 0 fully saturated rings. The van der Waals surface area contributed by atoms with Gasteiger partial charge in [-0.2, -0.15) is 0 Å². The van der Waals surface area contributed by atoms with Crippen LogP contribution in [-0.4, -0.2) is 8.35 Å². The molecule has 0 aliphatic carbocycles. The molecule has 0 bridgehead atoms. The van der Waals surface area contributed by atoms with E-state index in [1.165, 1.54) is 10.8 Å². The zero-order chi connectivity index (χ0) is 5.70. The van der Waals surface area contributed by atoms with E-state index in [1.807, 2.05) is 0 Å². The van der Waals surface area contributed by atoms with Crippen molar-refractivity contribution in [3.05, 3.63) is 0 Å². The molecule has 0 nitrogen and oxygen atoms in total. The molecule has 0 heterocycles. The van der Waals surface area contributed by atoms with Crippen molar-refractivity contribution in [3.63, 3.8) is 0 Å². The van der Waals surface area contributed by atoms with Crippen LogP contribution in [0, 0.1) is 0 Å². The normalized spacial score (nSPS) is 14.7. The second-order valence-corrected chi connectivity index (χ2v) is 6.14. The number of hydrogen-bond acceptors (Lipinski definition) is 0. The van der Waals surface area contributed by atoms with E-state index in [0.29, 0.717) is 21.2 Å². The van der Waals surface area contributed by atoms with Crippen molar-refractivity contribution < 1.29 is 21.2 Å². The molecule has 0 aliphatic heterocycles. The van der Waals surface area contributed by atoms with Gasteiger partial charge in [-0.3, -0.25) is 0 Å². The van der Waals surface area contributed by atoms with Crippen LogP contribution in [0.2, 0.25) is 0 Å². The monoisotopic (exact) mass is 213 g/mol. The average molecular weight is 213 g/mol. The first-order valence-corrected chi connectivity index (χ1v) is 5.66. The van der Waals surface area contributed by atoms with Crippen molar-refractivity contribution in [2.45, 2.75) is 31.1 Å². The molecule has 0 N–H and O–H groups in total. The SMILES string of the molecule is CC[I-]C(C)CC. The predicted octanol–water partition coefficient (Wildman–Crippen LogP) is -1.11. The molecule has 0 radical (unpaired) electrons. The first-order chi connectivity index (χ1) is 3.31. The van der Waals surface area contributed by atoms with Crippen molar-refractivity contribution in [2.75, 3.05) is 4.43 Å². The van der Waals surface area contributed by atoms with Crippen molar-refractivity contribution >= 4 is 0 Å². The van der Waals surface area contributed by atoms with Crippen LogP contribution >= 0.6 is 0 Å². The third-order valence-corrected chi connectivity index (χ3v) is 4.25. The molecule has 0 rings (SSSR count). The zero-order valence-corrected chi connectivity index (χ0v) is 7.53. The number of alkyl halides is 2. The minimum absolute atomic E-state index is 0.565. The van der Waals surface area contributed by atoms with Gasteiger partial charge in [0.1, 0.15) is 0 Å². The Bertz CT molecular complexity index is 35.2. The van der Waals surface area contributed by atoms with Crippen LogP contribution in [0.3, 0.4) is 0 Å². The van der Waals surface area contributed by atoms with E-state index < -0.39 is 0 Å². The topological polar surface area (TPSA) is 0 Å². The fraction of sp³-hybridized carbons (Fsp3) is 1.00. The summed E-state index contributed by atoms with van der Waals surface area (Å²) in [5.74, 6) is 0. The van der Waals surface area contributed by atoms with Gasteiger partial charge in [0.15, 0.2) is 0 Å². The number of hydrogen-bond donors (Lipinski definition) is 0. The molecule has 0 aromatic rings. The van der Waals surface area contributed by atoms with Crippen molar-refractivity contribution in [1.82, 2.24) is 0 Å². The van der Waals surface area contributed by atoms with Crippen LogP contribution in [0.15, 0.2) is 0 Å². The van der Waals surface area contributed by atoms with Gasteiger partial charge in [-0.05, 0) is 0 Å². The summed E-state index contributed by atoms with van der Waals surface area (Å²) in [6, 6.07) is 0. The summed E-state index contributed by atoms with van der Waals surface area (Å²) in [5, 5.41) is 0. The minimum atomic E-state index is 0.565. The maximum atomic E-state index is 2.36. The van der Waals surface area contributed by atoms with E-state index in [2.05, 4.69) is 20.8 Å². The third kappa shape index (κ3) is 4.59. The van der Waals surface area contributed by atoms with Gasteiger partial charge in [-0.1, -0.05) is 0 Å². The Kier molecular flexibility index (Phi) is 5.39. The molecule has 1 atom stereocenters. The summed E-state index contributed by atoms with van der Waals surface area (Å²) in [7, 11) is 0. The Morgan fingerprint density at radius 3 is 2.14 bits per heavy atom. The van der Waals surface area contributed by atoms with Crippen LogP contribution < -0.4 is 21.2 Å². The van der Waals surface area contributed by atoms with Gasteiger partial charge in [0.2, 0.25) is 0 Å². The van der Waals surface area contributed by atoms with Gasteiger partial charge in [0, 0.05) is 0 Å². The molecule has 0 aromatic carbocycles. The summed E-state index contributed by atoms with van der Waals surface area (Å²) in [4.78, 5) is 0. The van der Waals surface area contributed by atoms with Gasteiger partial charge in [0.05, 0.1) is 0 Å². The van der Waals surface area contributed by atoms with Gasteiger partial charge in [0.25, 0.3) is 0 Å². The molecule has 0 saturated heterocycles. The Balaban J connectivity index is 2.83. The Hall–Kier alpha value is 0.730. The number of rotatable bonds is 3. The van der Waals surface area contributed by atoms with E-state index >= 15 is 0 Å². The summed E-state index contributed by atoms with van der Waals surface area (Å²) in [5.41, 5.74) is 0. The van der Waals surface area contributed by atoms with Gasteiger partial charge in [-0.15, -0.1) is 0 Å². The molecule has 1 heteroatoms. The third-order valence-electron chi connectivity index (χ3n) is 0.980. The predicted molar refractivity (Wildman–Crippen MR) is 30.3 cm³/mol. The first kappa shape index (κ1) is 7.73. The van der Waals surface area contributed by atoms with Gasteiger partial charge >= 0.3 is 56.7 Å². The van der Waals surface area contributed by atoms with Crippen LogP contribution in [0.5, 0.6) is 0 Å². The fourth-order valence-corrected chi connectivity index (χ4v) is 2.50. The molecule has 0 amide bonds. The summed E-state index contributed by atoms with van der Waals surface area (Å²) in [6.07, 6.45) is 1.39. The van der Waals surface area contributed by atoms with E-state index in [-0.39, 0.29) is 0 Å². The van der Waals surface area contributed by atoms with Crippen LogP contribution in [0.1, 0.15) is 27.2 Å². The maximum absolute atomic E-state index is 2.36. The quantitative estimate of drug-likeness (QED) is 0.412.